The SMILES string of the molecule is C#Cc1c(C)cccc1C(=O)N(C)C1CC1. The van der Waals surface area contributed by atoms with Crippen LogP contribution in [0.15, 0.2) is 18.2 Å². The molecule has 1 saturated carbocycles. The second-order valence-corrected chi connectivity index (χ2v) is 4.29. The molecule has 0 saturated heterocycles. The smallest absolute Gasteiger partial charge is 0.255 e. The molecule has 1 aromatic rings. The fraction of sp³-hybridized carbons (Fsp3) is 0.357. The van der Waals surface area contributed by atoms with Gasteiger partial charge < -0.3 is 4.90 Å². The highest BCUT2D eigenvalue weighted by Crippen LogP contribution is 2.27. The molecule has 0 aromatic heterocycles. The number of nitrogens with zero attached hydrogens (tertiary/aromatic N) is 1. The number of terminal acetylenes is 1. The second-order valence-electron chi connectivity index (χ2n) is 4.29. The molecule has 16 heavy (non-hydrogen) atoms. The van der Waals surface area contributed by atoms with Crippen LogP contribution in [0.2, 0.25) is 0 Å². The van der Waals surface area contributed by atoms with Crippen LogP contribution < -0.4 is 0 Å². The van der Waals surface area contributed by atoms with Crippen molar-refractivity contribution in [2.75, 3.05) is 7.05 Å². The lowest BCUT2D eigenvalue weighted by Gasteiger charge is -2.17. The van der Waals surface area contributed by atoms with Gasteiger partial charge in [0.2, 0.25) is 0 Å². The number of carbonyl (C=O) groups is 1. The van der Waals surface area contributed by atoms with Crippen LogP contribution >= 0.6 is 0 Å². The number of aryl methyl sites for hydroxylation is 1. The van der Waals surface area contributed by atoms with E-state index in [-0.39, 0.29) is 5.91 Å². The van der Waals surface area contributed by atoms with E-state index in [0.717, 1.165) is 24.0 Å². The van der Waals surface area contributed by atoms with Crippen LogP contribution in [0.3, 0.4) is 0 Å². The van der Waals surface area contributed by atoms with Crippen molar-refractivity contribution < 1.29 is 4.79 Å². The van der Waals surface area contributed by atoms with Crippen LogP contribution in [-0.4, -0.2) is 23.9 Å². The summed E-state index contributed by atoms with van der Waals surface area (Å²) in [5, 5.41) is 0. The average molecular weight is 213 g/mol. The molecule has 1 fully saturated rings. The first-order valence-electron chi connectivity index (χ1n) is 5.48. The summed E-state index contributed by atoms with van der Waals surface area (Å²) in [5.74, 6) is 2.65. The Bertz CT molecular complexity index is 466. The summed E-state index contributed by atoms with van der Waals surface area (Å²) < 4.78 is 0. The monoisotopic (exact) mass is 213 g/mol. The number of carbonyl (C=O) groups excluding carboxylic acids is 1. The largest absolute Gasteiger partial charge is 0.339 e. The first kappa shape index (κ1) is 10.8. The number of hydrogen-bond acceptors (Lipinski definition) is 1. The van der Waals surface area contributed by atoms with Crippen molar-refractivity contribution in [3.8, 4) is 12.3 Å². The first-order chi connectivity index (χ1) is 7.65. The van der Waals surface area contributed by atoms with Gasteiger partial charge in [-0.15, -0.1) is 6.42 Å². The summed E-state index contributed by atoms with van der Waals surface area (Å²) in [6.45, 7) is 1.93. The molecular weight excluding hydrogens is 198 g/mol. The fourth-order valence-electron chi connectivity index (χ4n) is 1.86. The zero-order chi connectivity index (χ0) is 11.7. The summed E-state index contributed by atoms with van der Waals surface area (Å²) in [5.41, 5.74) is 2.36. The zero-order valence-corrected chi connectivity index (χ0v) is 9.66. The van der Waals surface area contributed by atoms with Crippen molar-refractivity contribution in [2.24, 2.45) is 0 Å². The van der Waals surface area contributed by atoms with Gasteiger partial charge >= 0.3 is 0 Å². The van der Waals surface area contributed by atoms with Crippen molar-refractivity contribution in [2.45, 2.75) is 25.8 Å². The molecule has 0 bridgehead atoms. The summed E-state index contributed by atoms with van der Waals surface area (Å²) in [4.78, 5) is 14.0. The third-order valence-electron chi connectivity index (χ3n) is 3.06. The molecule has 2 rings (SSSR count). The first-order valence-corrected chi connectivity index (χ1v) is 5.48. The zero-order valence-electron chi connectivity index (χ0n) is 9.66. The molecule has 0 radical (unpaired) electrons. The normalized spacial score (nSPS) is 14.3. The van der Waals surface area contributed by atoms with E-state index in [2.05, 4.69) is 5.92 Å². The van der Waals surface area contributed by atoms with Gasteiger partial charge in [0.1, 0.15) is 0 Å². The summed E-state index contributed by atoms with van der Waals surface area (Å²) in [7, 11) is 1.85. The van der Waals surface area contributed by atoms with Gasteiger partial charge in [-0.1, -0.05) is 18.1 Å². The van der Waals surface area contributed by atoms with E-state index in [1.54, 1.807) is 4.90 Å². The molecule has 0 aliphatic heterocycles. The number of benzene rings is 1. The Morgan fingerprint density at radius 2 is 2.19 bits per heavy atom. The molecule has 2 nitrogen and oxygen atoms in total. The van der Waals surface area contributed by atoms with Gasteiger partial charge in [-0.2, -0.15) is 0 Å². The van der Waals surface area contributed by atoms with Gasteiger partial charge in [0, 0.05) is 18.7 Å². The molecule has 0 atom stereocenters. The lowest BCUT2D eigenvalue weighted by Crippen LogP contribution is -2.29. The number of hydrogen-bond donors (Lipinski definition) is 0. The molecule has 1 aromatic carbocycles. The lowest BCUT2D eigenvalue weighted by atomic mass is 10.0. The molecule has 82 valence electrons. The Kier molecular flexibility index (Phi) is 2.70. The molecule has 2 heteroatoms. The lowest BCUT2D eigenvalue weighted by molar-refractivity contribution is 0.0784. The van der Waals surface area contributed by atoms with Crippen LogP contribution in [-0.2, 0) is 0 Å². The average Bonchev–Trinajstić information content (AvgIpc) is 3.10. The molecule has 0 unspecified atom stereocenters. The summed E-state index contributed by atoms with van der Waals surface area (Å²) >= 11 is 0. The maximum Gasteiger partial charge on any atom is 0.255 e. The molecule has 1 amide bonds. The number of amides is 1. The second kappa shape index (κ2) is 4.02. The molecule has 1 aliphatic rings. The Balaban J connectivity index is 2.36. The van der Waals surface area contributed by atoms with Crippen LogP contribution in [0.1, 0.15) is 34.3 Å². The maximum atomic E-state index is 12.2. The summed E-state index contributed by atoms with van der Waals surface area (Å²) in [6, 6.07) is 6.04. The van der Waals surface area contributed by atoms with Gasteiger partial charge in [-0.3, -0.25) is 4.79 Å². The summed E-state index contributed by atoms with van der Waals surface area (Å²) in [6.07, 6.45) is 7.68. The minimum absolute atomic E-state index is 0.0409. The van der Waals surface area contributed by atoms with E-state index < -0.39 is 0 Å². The van der Waals surface area contributed by atoms with Crippen molar-refractivity contribution >= 4 is 5.91 Å². The van der Waals surface area contributed by atoms with Gasteiger partial charge in [-0.25, -0.2) is 0 Å². The van der Waals surface area contributed by atoms with E-state index in [0.29, 0.717) is 11.6 Å². The van der Waals surface area contributed by atoms with E-state index >= 15 is 0 Å². The van der Waals surface area contributed by atoms with Crippen LogP contribution in [0.4, 0.5) is 0 Å². The Morgan fingerprint density at radius 1 is 1.50 bits per heavy atom. The predicted octanol–water partition coefficient (Wildman–Crippen LogP) is 2.21. The van der Waals surface area contributed by atoms with E-state index in [1.807, 2.05) is 32.2 Å². The molecule has 0 spiro atoms. The Hall–Kier alpha value is -1.75. The minimum atomic E-state index is 0.0409. The highest BCUT2D eigenvalue weighted by atomic mass is 16.2. The standard InChI is InChI=1S/C14H15NO/c1-4-12-10(2)6-5-7-13(12)14(16)15(3)11-8-9-11/h1,5-7,11H,8-9H2,2-3H3. The van der Waals surface area contributed by atoms with E-state index in [4.69, 9.17) is 6.42 Å². The quantitative estimate of drug-likeness (QED) is 0.690. The van der Waals surface area contributed by atoms with Crippen LogP contribution in [0.5, 0.6) is 0 Å². The molecule has 1 aliphatic carbocycles. The Labute approximate surface area is 96.3 Å². The third-order valence-corrected chi connectivity index (χ3v) is 3.06. The highest BCUT2D eigenvalue weighted by Gasteiger charge is 2.30. The molecule has 0 heterocycles. The van der Waals surface area contributed by atoms with Crippen molar-refractivity contribution in [3.05, 3.63) is 34.9 Å². The predicted molar refractivity (Wildman–Crippen MR) is 64.2 cm³/mol. The van der Waals surface area contributed by atoms with Crippen molar-refractivity contribution in [1.29, 1.82) is 0 Å². The molecule has 0 N–H and O–H groups in total. The third kappa shape index (κ3) is 1.81. The van der Waals surface area contributed by atoms with Crippen LogP contribution in [0.25, 0.3) is 0 Å². The van der Waals surface area contributed by atoms with Gasteiger partial charge in [-0.05, 0) is 31.4 Å². The molecular formula is C14H15NO. The van der Waals surface area contributed by atoms with Crippen LogP contribution in [0, 0.1) is 19.3 Å². The Morgan fingerprint density at radius 3 is 2.75 bits per heavy atom. The van der Waals surface area contributed by atoms with E-state index in [9.17, 15) is 4.79 Å². The maximum absolute atomic E-state index is 12.2. The van der Waals surface area contributed by atoms with Gasteiger partial charge in [0.05, 0.1) is 5.56 Å². The van der Waals surface area contributed by atoms with E-state index in [1.165, 1.54) is 0 Å². The minimum Gasteiger partial charge on any atom is -0.339 e. The topological polar surface area (TPSA) is 20.3 Å². The van der Waals surface area contributed by atoms with Gasteiger partial charge in [0.15, 0.2) is 0 Å². The van der Waals surface area contributed by atoms with Gasteiger partial charge in [0.25, 0.3) is 5.91 Å². The fourth-order valence-corrected chi connectivity index (χ4v) is 1.86. The van der Waals surface area contributed by atoms with Crippen molar-refractivity contribution in [3.63, 3.8) is 0 Å². The number of rotatable bonds is 2. The van der Waals surface area contributed by atoms with Crippen molar-refractivity contribution in [1.82, 2.24) is 4.90 Å². The highest BCUT2D eigenvalue weighted by molar-refractivity contribution is 5.97.